The first kappa shape index (κ1) is 14.0. The molecule has 0 saturated heterocycles. The smallest absolute Gasteiger partial charge is 0.250 e. The molecule has 18 heavy (non-hydrogen) atoms. The number of hydrogen-bond acceptors (Lipinski definition) is 5. The third kappa shape index (κ3) is 3.10. The van der Waals surface area contributed by atoms with E-state index in [2.05, 4.69) is 4.72 Å². The fraction of sp³-hybridized carbons (Fsp3) is 0.636. The maximum Gasteiger partial charge on any atom is 0.250 e. The van der Waals surface area contributed by atoms with Gasteiger partial charge in [0.05, 0.1) is 6.10 Å². The number of ether oxygens (including phenoxy) is 1. The van der Waals surface area contributed by atoms with Crippen molar-refractivity contribution in [1.29, 1.82) is 0 Å². The van der Waals surface area contributed by atoms with Crippen molar-refractivity contribution in [3.63, 3.8) is 0 Å². The van der Waals surface area contributed by atoms with Crippen molar-refractivity contribution >= 4 is 21.4 Å². The number of sulfonamides is 1. The lowest BCUT2D eigenvalue weighted by molar-refractivity contribution is 0.107. The highest BCUT2D eigenvalue weighted by atomic mass is 32.2. The highest BCUT2D eigenvalue weighted by Crippen LogP contribution is 2.25. The molecule has 0 aromatic carbocycles. The number of methoxy groups -OCH3 is 1. The van der Waals surface area contributed by atoms with E-state index in [0.717, 1.165) is 24.8 Å². The van der Waals surface area contributed by atoms with E-state index < -0.39 is 10.0 Å². The minimum absolute atomic E-state index is 0.0247. The van der Waals surface area contributed by atoms with Gasteiger partial charge in [-0.15, -0.1) is 11.3 Å². The molecule has 0 radical (unpaired) electrons. The summed E-state index contributed by atoms with van der Waals surface area (Å²) in [5.41, 5.74) is 6.33. The van der Waals surface area contributed by atoms with Crippen molar-refractivity contribution in [2.75, 3.05) is 7.11 Å². The van der Waals surface area contributed by atoms with E-state index in [1.54, 1.807) is 18.6 Å². The molecule has 7 heteroatoms. The van der Waals surface area contributed by atoms with Crippen LogP contribution in [-0.2, 0) is 21.3 Å². The van der Waals surface area contributed by atoms with Crippen LogP contribution in [0.15, 0.2) is 15.7 Å². The molecule has 0 amide bonds. The summed E-state index contributed by atoms with van der Waals surface area (Å²) in [6.07, 6.45) is 2.64. The quantitative estimate of drug-likeness (QED) is 0.849. The number of thiophene rings is 1. The van der Waals surface area contributed by atoms with Gasteiger partial charge in [-0.05, 0) is 36.3 Å². The van der Waals surface area contributed by atoms with Gasteiger partial charge in [0.2, 0.25) is 10.0 Å². The second-order valence-electron chi connectivity index (χ2n) is 4.47. The Hall–Kier alpha value is -0.470. The summed E-state index contributed by atoms with van der Waals surface area (Å²) >= 11 is 1.21. The molecule has 102 valence electrons. The van der Waals surface area contributed by atoms with Crippen LogP contribution in [0.4, 0.5) is 0 Å². The summed E-state index contributed by atoms with van der Waals surface area (Å²) < 4.78 is 32.6. The molecule has 0 aliphatic heterocycles. The highest BCUT2D eigenvalue weighted by Gasteiger charge is 2.29. The topological polar surface area (TPSA) is 81.4 Å². The first-order chi connectivity index (χ1) is 8.55. The van der Waals surface area contributed by atoms with Crippen LogP contribution < -0.4 is 10.5 Å². The SMILES string of the molecule is COC1CCC(NS(=O)(=O)c2cc(CN)cs2)C1. The van der Waals surface area contributed by atoms with Gasteiger partial charge in [0.15, 0.2) is 0 Å². The number of hydrogen-bond donors (Lipinski definition) is 2. The van der Waals surface area contributed by atoms with E-state index in [4.69, 9.17) is 10.5 Å². The Morgan fingerprint density at radius 2 is 2.33 bits per heavy atom. The lowest BCUT2D eigenvalue weighted by Crippen LogP contribution is -2.33. The summed E-state index contributed by atoms with van der Waals surface area (Å²) in [6.45, 7) is 0.362. The van der Waals surface area contributed by atoms with E-state index >= 15 is 0 Å². The Morgan fingerprint density at radius 1 is 1.56 bits per heavy atom. The molecule has 3 N–H and O–H groups in total. The molecule has 1 aliphatic rings. The van der Waals surface area contributed by atoms with Crippen molar-refractivity contribution in [1.82, 2.24) is 4.72 Å². The van der Waals surface area contributed by atoms with E-state index in [1.165, 1.54) is 11.3 Å². The first-order valence-electron chi connectivity index (χ1n) is 5.87. The fourth-order valence-corrected chi connectivity index (χ4v) is 4.66. The molecule has 1 aromatic heterocycles. The molecule has 5 nitrogen and oxygen atoms in total. The van der Waals surface area contributed by atoms with Gasteiger partial charge in [-0.1, -0.05) is 0 Å². The van der Waals surface area contributed by atoms with Crippen molar-refractivity contribution < 1.29 is 13.2 Å². The zero-order valence-corrected chi connectivity index (χ0v) is 11.9. The van der Waals surface area contributed by atoms with Gasteiger partial charge in [0, 0.05) is 19.7 Å². The fourth-order valence-electron chi connectivity index (χ4n) is 2.14. The van der Waals surface area contributed by atoms with Crippen LogP contribution >= 0.6 is 11.3 Å². The van der Waals surface area contributed by atoms with Crippen molar-refractivity contribution in [3.05, 3.63) is 17.0 Å². The molecule has 1 saturated carbocycles. The van der Waals surface area contributed by atoms with Gasteiger partial charge >= 0.3 is 0 Å². The number of rotatable bonds is 5. The van der Waals surface area contributed by atoms with Crippen LogP contribution in [0.25, 0.3) is 0 Å². The van der Waals surface area contributed by atoms with E-state index in [-0.39, 0.29) is 12.1 Å². The molecule has 1 aliphatic carbocycles. The average Bonchev–Trinajstić information content (AvgIpc) is 2.96. The molecule has 2 rings (SSSR count). The predicted molar refractivity (Wildman–Crippen MR) is 71.0 cm³/mol. The van der Waals surface area contributed by atoms with Gasteiger partial charge < -0.3 is 10.5 Å². The predicted octanol–water partition coefficient (Wildman–Crippen LogP) is 1.05. The van der Waals surface area contributed by atoms with Crippen LogP contribution in [-0.4, -0.2) is 27.7 Å². The van der Waals surface area contributed by atoms with E-state index in [1.807, 2.05) is 0 Å². The van der Waals surface area contributed by atoms with Gasteiger partial charge in [0.1, 0.15) is 4.21 Å². The third-order valence-corrected chi connectivity index (χ3v) is 6.18. The largest absolute Gasteiger partial charge is 0.381 e. The Kier molecular flexibility index (Phi) is 4.39. The first-order valence-corrected chi connectivity index (χ1v) is 8.24. The minimum atomic E-state index is -3.41. The Labute approximate surface area is 111 Å². The second-order valence-corrected chi connectivity index (χ2v) is 7.32. The maximum absolute atomic E-state index is 12.1. The zero-order chi connectivity index (χ0) is 13.2. The van der Waals surface area contributed by atoms with Crippen molar-refractivity contribution in [3.8, 4) is 0 Å². The lowest BCUT2D eigenvalue weighted by Gasteiger charge is -2.12. The van der Waals surface area contributed by atoms with Crippen LogP contribution in [0.3, 0.4) is 0 Å². The molecule has 1 aromatic rings. The maximum atomic E-state index is 12.1. The summed E-state index contributed by atoms with van der Waals surface area (Å²) in [5, 5.41) is 1.78. The van der Waals surface area contributed by atoms with Crippen LogP contribution in [0, 0.1) is 0 Å². The van der Waals surface area contributed by atoms with Crippen molar-refractivity contribution in [2.24, 2.45) is 5.73 Å². The monoisotopic (exact) mass is 290 g/mol. The summed E-state index contributed by atoms with van der Waals surface area (Å²) in [5.74, 6) is 0. The Balaban J connectivity index is 2.03. The van der Waals surface area contributed by atoms with Crippen LogP contribution in [0.2, 0.25) is 0 Å². The highest BCUT2D eigenvalue weighted by molar-refractivity contribution is 7.91. The van der Waals surface area contributed by atoms with E-state index in [0.29, 0.717) is 10.8 Å². The second kappa shape index (κ2) is 5.66. The molecule has 2 atom stereocenters. The summed E-state index contributed by atoms with van der Waals surface area (Å²) in [6, 6.07) is 1.61. The number of nitrogens with two attached hydrogens (primary N) is 1. The average molecular weight is 290 g/mol. The minimum Gasteiger partial charge on any atom is -0.381 e. The van der Waals surface area contributed by atoms with E-state index in [9.17, 15) is 8.42 Å². The van der Waals surface area contributed by atoms with Crippen LogP contribution in [0.5, 0.6) is 0 Å². The zero-order valence-electron chi connectivity index (χ0n) is 10.3. The standard InChI is InChI=1S/C11H18N2O3S2/c1-16-10-3-2-9(5-10)13-18(14,15)11-4-8(6-12)7-17-11/h4,7,9-10,13H,2-3,5-6,12H2,1H3. The van der Waals surface area contributed by atoms with Gasteiger partial charge in [-0.25, -0.2) is 13.1 Å². The van der Waals surface area contributed by atoms with Crippen molar-refractivity contribution in [2.45, 2.75) is 42.2 Å². The van der Waals surface area contributed by atoms with Gasteiger partial charge in [-0.3, -0.25) is 0 Å². The molecular formula is C11H18N2O3S2. The Morgan fingerprint density at radius 3 is 2.89 bits per heavy atom. The molecule has 2 unspecified atom stereocenters. The summed E-state index contributed by atoms with van der Waals surface area (Å²) in [7, 11) is -1.75. The van der Waals surface area contributed by atoms with Gasteiger partial charge in [0.25, 0.3) is 0 Å². The summed E-state index contributed by atoms with van der Waals surface area (Å²) in [4.78, 5) is 0. The molecule has 0 spiro atoms. The van der Waals surface area contributed by atoms with Gasteiger partial charge in [-0.2, -0.15) is 0 Å². The molecular weight excluding hydrogens is 272 g/mol. The third-order valence-electron chi connectivity index (χ3n) is 3.17. The lowest BCUT2D eigenvalue weighted by atomic mass is 10.3. The molecule has 0 bridgehead atoms. The molecule has 1 heterocycles. The van der Waals surface area contributed by atoms with Crippen LogP contribution in [0.1, 0.15) is 24.8 Å². The Bertz CT molecular complexity index is 498. The number of nitrogens with one attached hydrogen (secondary N) is 1. The normalized spacial score (nSPS) is 24.6. The molecule has 1 fully saturated rings.